The second-order valence-corrected chi connectivity index (χ2v) is 9.10. The number of aliphatic hydroxyl groups excluding tert-OH is 1. The summed E-state index contributed by atoms with van der Waals surface area (Å²) in [7, 11) is 0. The fourth-order valence-corrected chi connectivity index (χ4v) is 4.66. The number of rotatable bonds is 7. The molecule has 1 amide bonds. The molecule has 5 nitrogen and oxygen atoms in total. The molecule has 6 heteroatoms. The maximum Gasteiger partial charge on any atom is 0.231 e. The Balaban J connectivity index is 1.25. The zero-order valence-corrected chi connectivity index (χ0v) is 19.5. The van der Waals surface area contributed by atoms with Crippen LogP contribution in [0.3, 0.4) is 0 Å². The normalized spacial score (nSPS) is 16.0. The van der Waals surface area contributed by atoms with E-state index < -0.39 is 11.9 Å². The van der Waals surface area contributed by atoms with Crippen molar-refractivity contribution in [2.45, 2.75) is 18.9 Å². The fraction of sp³-hybridized carbons (Fsp3) is 0.167. The predicted molar refractivity (Wildman–Crippen MR) is 137 cm³/mol. The smallest absolute Gasteiger partial charge is 0.231 e. The third-order valence-electron chi connectivity index (χ3n) is 6.72. The summed E-state index contributed by atoms with van der Waals surface area (Å²) in [4.78, 5) is 14.2. The van der Waals surface area contributed by atoms with Gasteiger partial charge in [0.1, 0.15) is 17.3 Å². The highest BCUT2D eigenvalue weighted by molar-refractivity contribution is 6.01. The molecule has 0 aliphatic carbocycles. The molecule has 4 aromatic carbocycles. The summed E-state index contributed by atoms with van der Waals surface area (Å²) in [6, 6.07) is 25.5. The largest absolute Gasteiger partial charge is 0.508 e. The number of hydrogen-bond acceptors (Lipinski definition) is 4. The highest BCUT2D eigenvalue weighted by Crippen LogP contribution is 2.38. The molecule has 182 valence electrons. The first-order chi connectivity index (χ1) is 17.4. The summed E-state index contributed by atoms with van der Waals surface area (Å²) >= 11 is 0. The van der Waals surface area contributed by atoms with E-state index in [2.05, 4.69) is 0 Å². The summed E-state index contributed by atoms with van der Waals surface area (Å²) in [6.07, 6.45) is 0.432. The summed E-state index contributed by atoms with van der Waals surface area (Å²) in [5, 5.41) is 30.6. The second-order valence-electron chi connectivity index (χ2n) is 9.10. The number of amides is 1. The topological polar surface area (TPSA) is 81.0 Å². The number of phenols is 2. The van der Waals surface area contributed by atoms with Gasteiger partial charge in [-0.25, -0.2) is 4.39 Å². The van der Waals surface area contributed by atoms with Crippen LogP contribution in [0.5, 0.6) is 11.5 Å². The molecule has 1 aliphatic rings. The number of hydrogen-bond donors (Lipinski definition) is 3. The maximum absolute atomic E-state index is 15.1. The molecule has 0 radical (unpaired) electrons. The molecule has 3 N–H and O–H groups in total. The van der Waals surface area contributed by atoms with Gasteiger partial charge in [-0.15, -0.1) is 0 Å². The minimum absolute atomic E-state index is 0.0827. The Kier molecular flexibility index (Phi) is 6.44. The van der Waals surface area contributed by atoms with Crippen LogP contribution in [0.25, 0.3) is 22.3 Å². The lowest BCUT2D eigenvalue weighted by Gasteiger charge is -2.39. The van der Waals surface area contributed by atoms with Crippen LogP contribution < -0.4 is 4.90 Å². The van der Waals surface area contributed by atoms with Gasteiger partial charge in [0.25, 0.3) is 0 Å². The molecule has 4 aromatic rings. The van der Waals surface area contributed by atoms with Crippen LogP contribution in [0.4, 0.5) is 10.1 Å². The number of anilines is 1. The van der Waals surface area contributed by atoms with E-state index in [4.69, 9.17) is 0 Å². The standard InChI is InChI=1S/C30H26FNO4/c31-27-17-23(32-18-22(30(32)36)10-14-28(34)19-5-2-1-3-6-19)11-13-25(27)26-12-9-21(16-29(26)35)20-7-4-8-24(33)15-20/h1-9,11-13,15-17,22,28,33-35H,10,14,18H2/t22?,28-/m0/s1. The molecule has 1 saturated heterocycles. The van der Waals surface area contributed by atoms with Gasteiger partial charge >= 0.3 is 0 Å². The highest BCUT2D eigenvalue weighted by atomic mass is 19.1. The molecule has 0 spiro atoms. The van der Waals surface area contributed by atoms with E-state index in [1.165, 1.54) is 17.0 Å². The van der Waals surface area contributed by atoms with E-state index in [0.29, 0.717) is 36.2 Å². The molecule has 5 rings (SSSR count). The van der Waals surface area contributed by atoms with Crippen molar-refractivity contribution in [2.24, 2.45) is 5.92 Å². The van der Waals surface area contributed by atoms with Gasteiger partial charge in [-0.2, -0.15) is 0 Å². The van der Waals surface area contributed by atoms with Gasteiger partial charge in [0.2, 0.25) is 5.91 Å². The van der Waals surface area contributed by atoms with Gasteiger partial charge in [0, 0.05) is 23.4 Å². The third kappa shape index (κ3) is 4.68. The van der Waals surface area contributed by atoms with Crippen LogP contribution in [-0.2, 0) is 4.79 Å². The van der Waals surface area contributed by atoms with Gasteiger partial charge in [0.15, 0.2) is 0 Å². The molecule has 1 heterocycles. The van der Waals surface area contributed by atoms with Crippen LogP contribution in [-0.4, -0.2) is 27.8 Å². The molecule has 0 aromatic heterocycles. The van der Waals surface area contributed by atoms with Gasteiger partial charge in [-0.05, 0) is 72.0 Å². The Bertz CT molecular complexity index is 1410. The molecule has 0 saturated carbocycles. The molecular weight excluding hydrogens is 457 g/mol. The number of aliphatic hydroxyl groups is 1. The van der Waals surface area contributed by atoms with Gasteiger partial charge in [-0.1, -0.05) is 48.5 Å². The van der Waals surface area contributed by atoms with Crippen molar-refractivity contribution in [1.82, 2.24) is 0 Å². The zero-order chi connectivity index (χ0) is 25.2. The third-order valence-corrected chi connectivity index (χ3v) is 6.72. The fourth-order valence-electron chi connectivity index (χ4n) is 4.66. The summed E-state index contributed by atoms with van der Waals surface area (Å²) < 4.78 is 15.1. The zero-order valence-electron chi connectivity index (χ0n) is 19.5. The average molecular weight is 484 g/mol. The van der Waals surface area contributed by atoms with Crippen molar-refractivity contribution in [1.29, 1.82) is 0 Å². The lowest BCUT2D eigenvalue weighted by Crippen LogP contribution is -2.52. The SMILES string of the molecule is O=C1C(CC[C@H](O)c2ccccc2)CN1c1ccc(-c2ccc(-c3cccc(O)c3)cc2O)c(F)c1. The molecule has 0 bridgehead atoms. The molecule has 36 heavy (non-hydrogen) atoms. The Hall–Kier alpha value is -4.16. The number of carbonyl (C=O) groups excluding carboxylic acids is 1. The average Bonchev–Trinajstić information content (AvgIpc) is 2.88. The maximum atomic E-state index is 15.1. The molecule has 1 fully saturated rings. The van der Waals surface area contributed by atoms with E-state index in [1.807, 2.05) is 36.4 Å². The first-order valence-electron chi connectivity index (χ1n) is 11.9. The van der Waals surface area contributed by atoms with Crippen molar-refractivity contribution >= 4 is 11.6 Å². The summed E-state index contributed by atoms with van der Waals surface area (Å²) in [5.41, 5.74) is 3.29. The van der Waals surface area contributed by atoms with Crippen molar-refractivity contribution in [3.63, 3.8) is 0 Å². The molecule has 1 aliphatic heterocycles. The minimum atomic E-state index is -0.614. The minimum Gasteiger partial charge on any atom is -0.508 e. The molecular formula is C30H26FNO4. The van der Waals surface area contributed by atoms with Crippen molar-refractivity contribution in [3.05, 3.63) is 102 Å². The van der Waals surface area contributed by atoms with Crippen LogP contribution in [0.1, 0.15) is 24.5 Å². The quantitative estimate of drug-likeness (QED) is 0.280. The summed E-state index contributed by atoms with van der Waals surface area (Å²) in [6.45, 7) is 0.475. The second kappa shape index (κ2) is 9.84. The van der Waals surface area contributed by atoms with E-state index in [0.717, 1.165) is 11.1 Å². The first kappa shape index (κ1) is 23.6. The van der Waals surface area contributed by atoms with E-state index >= 15 is 4.39 Å². The Morgan fingerprint density at radius 3 is 2.31 bits per heavy atom. The van der Waals surface area contributed by atoms with E-state index in [-0.39, 0.29) is 28.9 Å². The lowest BCUT2D eigenvalue weighted by molar-refractivity contribution is -0.127. The Morgan fingerprint density at radius 1 is 0.861 bits per heavy atom. The first-order valence-corrected chi connectivity index (χ1v) is 11.9. The number of benzene rings is 4. The number of halogens is 1. The van der Waals surface area contributed by atoms with Crippen LogP contribution in [0.15, 0.2) is 91.0 Å². The number of β-lactam (4-membered cyclic amide) rings is 1. The predicted octanol–water partition coefficient (Wildman–Crippen LogP) is 6.05. The molecule has 1 unspecified atom stereocenters. The highest BCUT2D eigenvalue weighted by Gasteiger charge is 2.37. The van der Waals surface area contributed by atoms with Crippen LogP contribution in [0.2, 0.25) is 0 Å². The number of aromatic hydroxyl groups is 2. The van der Waals surface area contributed by atoms with Crippen LogP contribution >= 0.6 is 0 Å². The number of nitrogens with zero attached hydrogens (tertiary/aromatic N) is 1. The van der Waals surface area contributed by atoms with Crippen molar-refractivity contribution < 1.29 is 24.5 Å². The van der Waals surface area contributed by atoms with Crippen LogP contribution in [0, 0.1) is 11.7 Å². The van der Waals surface area contributed by atoms with Gasteiger partial charge < -0.3 is 20.2 Å². The van der Waals surface area contributed by atoms with Gasteiger partial charge in [0.05, 0.1) is 12.0 Å². The lowest BCUT2D eigenvalue weighted by atomic mass is 9.90. The molecule has 2 atom stereocenters. The van der Waals surface area contributed by atoms with Crippen molar-refractivity contribution in [2.75, 3.05) is 11.4 Å². The Morgan fingerprint density at radius 2 is 1.61 bits per heavy atom. The van der Waals surface area contributed by atoms with Crippen molar-refractivity contribution in [3.8, 4) is 33.8 Å². The monoisotopic (exact) mass is 483 g/mol. The van der Waals surface area contributed by atoms with E-state index in [1.54, 1.807) is 42.5 Å². The Labute approximate surface area is 208 Å². The summed E-state index contributed by atoms with van der Waals surface area (Å²) in [5.74, 6) is -0.781. The van der Waals surface area contributed by atoms with E-state index in [9.17, 15) is 20.1 Å². The number of carbonyl (C=O) groups is 1. The van der Waals surface area contributed by atoms with Gasteiger partial charge in [-0.3, -0.25) is 4.79 Å². The number of phenolic OH excluding ortho intramolecular Hbond substituents is 2.